The van der Waals surface area contributed by atoms with Crippen molar-refractivity contribution in [3.63, 3.8) is 0 Å². The normalized spacial score (nSPS) is 10.9. The Kier molecular flexibility index (Phi) is 3.68. The van der Waals surface area contributed by atoms with Crippen molar-refractivity contribution in [1.29, 1.82) is 0 Å². The van der Waals surface area contributed by atoms with Crippen LogP contribution in [0.3, 0.4) is 0 Å². The molecule has 1 heterocycles. The number of aromatic nitrogens is 2. The first-order chi connectivity index (χ1) is 8.54. The lowest BCUT2D eigenvalue weighted by atomic mass is 10.1. The van der Waals surface area contributed by atoms with E-state index < -0.39 is 0 Å². The summed E-state index contributed by atoms with van der Waals surface area (Å²) < 4.78 is 15.0. The Hall–Kier alpha value is -1.39. The molecular weight excluding hydrogens is 253 g/mol. The van der Waals surface area contributed by atoms with E-state index in [2.05, 4.69) is 10.4 Å². The molecule has 0 saturated carbocycles. The fourth-order valence-corrected chi connectivity index (χ4v) is 2.07. The predicted octanol–water partition coefficient (Wildman–Crippen LogP) is 3.00. The van der Waals surface area contributed by atoms with Gasteiger partial charge in [-0.1, -0.05) is 11.6 Å². The lowest BCUT2D eigenvalue weighted by Gasteiger charge is -2.11. The van der Waals surface area contributed by atoms with Gasteiger partial charge in [0.05, 0.1) is 22.1 Å². The molecule has 96 valence electrons. The molecule has 0 unspecified atom stereocenters. The summed E-state index contributed by atoms with van der Waals surface area (Å²) in [5.74, 6) is -0.253. The maximum atomic E-state index is 13.3. The van der Waals surface area contributed by atoms with E-state index in [4.69, 9.17) is 11.6 Å². The van der Waals surface area contributed by atoms with Gasteiger partial charge in [-0.25, -0.2) is 9.07 Å². The SMILES string of the molecule is CNCc1cc(F)ccc1-n1nc(C)c(Cl)c1C. The van der Waals surface area contributed by atoms with Gasteiger partial charge >= 0.3 is 0 Å². The Bertz CT molecular complexity index is 578. The van der Waals surface area contributed by atoms with Crippen LogP contribution in [0.15, 0.2) is 18.2 Å². The van der Waals surface area contributed by atoms with Crippen LogP contribution in [0, 0.1) is 19.7 Å². The van der Waals surface area contributed by atoms with Crippen molar-refractivity contribution < 1.29 is 4.39 Å². The highest BCUT2D eigenvalue weighted by Crippen LogP contribution is 2.24. The van der Waals surface area contributed by atoms with Crippen LogP contribution in [0.1, 0.15) is 17.0 Å². The molecule has 0 aliphatic rings. The lowest BCUT2D eigenvalue weighted by Crippen LogP contribution is -2.11. The molecule has 0 fully saturated rings. The first-order valence-corrected chi connectivity index (χ1v) is 6.07. The third-order valence-corrected chi connectivity index (χ3v) is 3.39. The van der Waals surface area contributed by atoms with Crippen LogP contribution in [0.2, 0.25) is 5.02 Å². The van der Waals surface area contributed by atoms with E-state index in [0.29, 0.717) is 11.6 Å². The third-order valence-electron chi connectivity index (χ3n) is 2.84. The Labute approximate surface area is 111 Å². The fraction of sp³-hybridized carbons (Fsp3) is 0.308. The minimum absolute atomic E-state index is 0.253. The van der Waals surface area contributed by atoms with Crippen LogP contribution >= 0.6 is 11.6 Å². The number of hydrogen-bond donors (Lipinski definition) is 1. The number of hydrogen-bond acceptors (Lipinski definition) is 2. The number of nitrogens with one attached hydrogen (secondary N) is 1. The molecule has 0 radical (unpaired) electrons. The van der Waals surface area contributed by atoms with Crippen LogP contribution in [-0.4, -0.2) is 16.8 Å². The van der Waals surface area contributed by atoms with Crippen molar-refractivity contribution in [2.45, 2.75) is 20.4 Å². The summed E-state index contributed by atoms with van der Waals surface area (Å²) in [6.07, 6.45) is 0. The van der Waals surface area contributed by atoms with Gasteiger partial charge in [0.2, 0.25) is 0 Å². The van der Waals surface area contributed by atoms with E-state index in [-0.39, 0.29) is 5.82 Å². The Morgan fingerprint density at radius 2 is 2.11 bits per heavy atom. The molecule has 0 saturated heterocycles. The zero-order valence-corrected chi connectivity index (χ0v) is 11.3. The quantitative estimate of drug-likeness (QED) is 0.927. The lowest BCUT2D eigenvalue weighted by molar-refractivity contribution is 0.622. The molecule has 0 spiro atoms. The van der Waals surface area contributed by atoms with Gasteiger partial charge in [-0.15, -0.1) is 0 Å². The van der Waals surface area contributed by atoms with Gasteiger partial charge in [-0.3, -0.25) is 0 Å². The van der Waals surface area contributed by atoms with E-state index in [9.17, 15) is 4.39 Å². The summed E-state index contributed by atoms with van der Waals surface area (Å²) in [4.78, 5) is 0. The summed E-state index contributed by atoms with van der Waals surface area (Å²) >= 11 is 6.14. The second-order valence-corrected chi connectivity index (χ2v) is 4.58. The minimum atomic E-state index is -0.253. The maximum Gasteiger partial charge on any atom is 0.123 e. The number of rotatable bonds is 3. The standard InChI is InChI=1S/C13H15ClFN3/c1-8-13(14)9(2)18(17-8)12-5-4-11(15)6-10(12)7-16-3/h4-6,16H,7H2,1-3H3. The number of halogens is 2. The molecule has 1 aromatic carbocycles. The first-order valence-electron chi connectivity index (χ1n) is 5.69. The zero-order chi connectivity index (χ0) is 13.3. The second-order valence-electron chi connectivity index (χ2n) is 4.20. The molecule has 3 nitrogen and oxygen atoms in total. The van der Waals surface area contributed by atoms with E-state index in [1.54, 1.807) is 10.7 Å². The van der Waals surface area contributed by atoms with Crippen molar-refractivity contribution in [3.05, 3.63) is 46.0 Å². The van der Waals surface area contributed by atoms with Crippen molar-refractivity contribution in [2.75, 3.05) is 7.05 Å². The summed E-state index contributed by atoms with van der Waals surface area (Å²) in [5, 5.41) is 8.06. The average Bonchev–Trinajstić information content (AvgIpc) is 2.58. The van der Waals surface area contributed by atoms with Crippen molar-refractivity contribution in [1.82, 2.24) is 15.1 Å². The molecule has 0 bridgehead atoms. The van der Waals surface area contributed by atoms with Crippen molar-refractivity contribution in [3.8, 4) is 5.69 Å². The molecular formula is C13H15ClFN3. The summed E-state index contributed by atoms with van der Waals surface area (Å²) in [7, 11) is 1.82. The Morgan fingerprint density at radius 1 is 1.39 bits per heavy atom. The van der Waals surface area contributed by atoms with Gasteiger partial charge in [-0.05, 0) is 44.7 Å². The van der Waals surface area contributed by atoms with Gasteiger partial charge in [0.15, 0.2) is 0 Å². The van der Waals surface area contributed by atoms with Crippen LogP contribution in [0.4, 0.5) is 4.39 Å². The number of aryl methyl sites for hydroxylation is 1. The number of nitrogens with zero attached hydrogens (tertiary/aromatic N) is 2. The Morgan fingerprint density at radius 3 is 2.67 bits per heavy atom. The van der Waals surface area contributed by atoms with Crippen LogP contribution in [-0.2, 0) is 6.54 Å². The molecule has 1 N–H and O–H groups in total. The van der Waals surface area contributed by atoms with Gasteiger partial charge in [0.25, 0.3) is 0 Å². The smallest absolute Gasteiger partial charge is 0.123 e. The maximum absolute atomic E-state index is 13.3. The van der Waals surface area contributed by atoms with Gasteiger partial charge in [0, 0.05) is 6.54 Å². The molecule has 2 aromatic rings. The van der Waals surface area contributed by atoms with Gasteiger partial charge in [0.1, 0.15) is 5.82 Å². The summed E-state index contributed by atoms with van der Waals surface area (Å²) in [6.45, 7) is 4.32. The van der Waals surface area contributed by atoms with E-state index in [1.807, 2.05) is 20.9 Å². The summed E-state index contributed by atoms with van der Waals surface area (Å²) in [5.41, 5.74) is 3.32. The fourth-order valence-electron chi connectivity index (χ4n) is 1.95. The van der Waals surface area contributed by atoms with Crippen molar-refractivity contribution in [2.24, 2.45) is 0 Å². The average molecular weight is 268 g/mol. The van der Waals surface area contributed by atoms with E-state index in [0.717, 1.165) is 22.6 Å². The predicted molar refractivity (Wildman–Crippen MR) is 70.8 cm³/mol. The van der Waals surface area contributed by atoms with Crippen LogP contribution < -0.4 is 5.32 Å². The molecule has 5 heteroatoms. The second kappa shape index (κ2) is 5.08. The molecule has 0 atom stereocenters. The molecule has 0 aliphatic carbocycles. The monoisotopic (exact) mass is 267 g/mol. The highest BCUT2D eigenvalue weighted by atomic mass is 35.5. The van der Waals surface area contributed by atoms with Crippen LogP contribution in [0.5, 0.6) is 0 Å². The number of benzene rings is 1. The van der Waals surface area contributed by atoms with Gasteiger partial charge in [-0.2, -0.15) is 5.10 Å². The molecule has 2 rings (SSSR count). The molecule has 0 amide bonds. The molecule has 18 heavy (non-hydrogen) atoms. The molecule has 0 aliphatic heterocycles. The van der Waals surface area contributed by atoms with Crippen molar-refractivity contribution >= 4 is 11.6 Å². The van der Waals surface area contributed by atoms with Gasteiger partial charge < -0.3 is 5.32 Å². The summed E-state index contributed by atoms with van der Waals surface area (Å²) in [6, 6.07) is 4.66. The third kappa shape index (κ3) is 2.26. The topological polar surface area (TPSA) is 29.9 Å². The minimum Gasteiger partial charge on any atom is -0.316 e. The zero-order valence-electron chi connectivity index (χ0n) is 10.6. The van der Waals surface area contributed by atoms with E-state index in [1.165, 1.54) is 12.1 Å². The van der Waals surface area contributed by atoms with Crippen LogP contribution in [0.25, 0.3) is 5.69 Å². The Balaban J connectivity index is 2.59. The largest absolute Gasteiger partial charge is 0.316 e. The highest BCUT2D eigenvalue weighted by Gasteiger charge is 2.13. The molecule has 1 aromatic heterocycles. The first kappa shape index (κ1) is 13.1. The highest BCUT2D eigenvalue weighted by molar-refractivity contribution is 6.31. The van der Waals surface area contributed by atoms with E-state index >= 15 is 0 Å².